The molecule has 12 heteroatoms. The molecule has 212 valence electrons. The molecule has 0 unspecified atom stereocenters. The number of carbonyl (C=O) groups is 3. The Morgan fingerprint density at radius 3 is 2.70 bits per heavy atom. The number of likely N-dealkylation sites (tertiary alicyclic amines) is 1. The van der Waals surface area contributed by atoms with Gasteiger partial charge >= 0.3 is 6.03 Å². The normalized spacial score (nSPS) is 17.2. The number of urea groups is 1. The van der Waals surface area contributed by atoms with Crippen molar-refractivity contribution in [1.82, 2.24) is 20.2 Å². The van der Waals surface area contributed by atoms with Crippen molar-refractivity contribution in [3.05, 3.63) is 53.9 Å². The van der Waals surface area contributed by atoms with Crippen molar-refractivity contribution in [2.24, 2.45) is 5.92 Å². The van der Waals surface area contributed by atoms with E-state index in [0.29, 0.717) is 29.7 Å². The van der Waals surface area contributed by atoms with E-state index in [1.807, 2.05) is 24.3 Å². The molecular weight excluding hydrogens is 548 g/mol. The average molecular weight is 583 g/mol. The van der Waals surface area contributed by atoms with E-state index in [9.17, 15) is 14.4 Å². The smallest absolute Gasteiger partial charge is 0.328 e. The first-order valence-corrected chi connectivity index (χ1v) is 15.2. The number of oxazole rings is 1. The van der Waals surface area contributed by atoms with Gasteiger partial charge in [0.1, 0.15) is 5.76 Å². The molecule has 5 rings (SSSR count). The molecule has 0 spiro atoms. The molecule has 0 aliphatic carbocycles. The Hall–Kier alpha value is -3.22. The van der Waals surface area contributed by atoms with Gasteiger partial charge in [-0.2, -0.15) is 0 Å². The number of nitrogens with one attached hydrogen (secondary N) is 2. The summed E-state index contributed by atoms with van der Waals surface area (Å²) in [6, 6.07) is 7.48. The number of imide groups is 1. The summed E-state index contributed by atoms with van der Waals surface area (Å²) in [6.07, 6.45) is 5.41. The van der Waals surface area contributed by atoms with E-state index in [0.717, 1.165) is 53.7 Å². The van der Waals surface area contributed by atoms with Crippen molar-refractivity contribution < 1.29 is 18.8 Å². The maximum absolute atomic E-state index is 12.9. The number of hydrogen-bond acceptors (Lipinski definition) is 9. The Labute approximate surface area is 241 Å². The SMILES string of the molecule is CC(C)(C)c1cnc(CSc2cnc(NC(=O)C3CCN(Cc4cccc(N5CCC(=O)NC5=O)c4)CC3)s2)o1. The predicted octanol–water partition coefficient (Wildman–Crippen LogP) is 5.02. The monoisotopic (exact) mass is 582 g/mol. The molecule has 4 amide bonds. The number of anilines is 2. The van der Waals surface area contributed by atoms with Crippen molar-refractivity contribution in [3.8, 4) is 0 Å². The minimum Gasteiger partial charge on any atom is -0.444 e. The molecule has 2 saturated heterocycles. The van der Waals surface area contributed by atoms with Crippen molar-refractivity contribution in [2.75, 3.05) is 29.9 Å². The third-order valence-electron chi connectivity index (χ3n) is 6.99. The highest BCUT2D eigenvalue weighted by atomic mass is 32.2. The molecule has 2 aliphatic rings. The molecular formula is C28H34N6O4S2. The maximum atomic E-state index is 12.9. The highest BCUT2D eigenvalue weighted by molar-refractivity contribution is 8.00. The zero-order chi connectivity index (χ0) is 28.3. The van der Waals surface area contributed by atoms with E-state index in [4.69, 9.17) is 4.42 Å². The lowest BCUT2D eigenvalue weighted by atomic mass is 9.94. The Balaban J connectivity index is 1.07. The van der Waals surface area contributed by atoms with Crippen LogP contribution in [0.3, 0.4) is 0 Å². The van der Waals surface area contributed by atoms with Crippen LogP contribution in [0.1, 0.15) is 57.2 Å². The number of benzene rings is 1. The number of nitrogens with zero attached hydrogens (tertiary/aromatic N) is 4. The maximum Gasteiger partial charge on any atom is 0.328 e. The lowest BCUT2D eigenvalue weighted by Crippen LogP contribution is -2.49. The van der Waals surface area contributed by atoms with Gasteiger partial charge in [0.2, 0.25) is 17.7 Å². The molecule has 2 N–H and O–H groups in total. The van der Waals surface area contributed by atoms with E-state index in [-0.39, 0.29) is 29.2 Å². The van der Waals surface area contributed by atoms with E-state index in [1.54, 1.807) is 29.1 Å². The minimum absolute atomic E-state index is 0.0146. The zero-order valence-corrected chi connectivity index (χ0v) is 24.6. The number of aromatic nitrogens is 2. The molecule has 40 heavy (non-hydrogen) atoms. The van der Waals surface area contributed by atoms with Gasteiger partial charge in [-0.05, 0) is 43.6 Å². The molecule has 0 saturated carbocycles. The molecule has 10 nitrogen and oxygen atoms in total. The fourth-order valence-corrected chi connectivity index (χ4v) is 6.42. The summed E-state index contributed by atoms with van der Waals surface area (Å²) in [5.74, 6) is 1.88. The Morgan fingerprint density at radius 2 is 1.98 bits per heavy atom. The van der Waals surface area contributed by atoms with Crippen LogP contribution >= 0.6 is 23.1 Å². The van der Waals surface area contributed by atoms with E-state index in [1.165, 1.54) is 11.3 Å². The van der Waals surface area contributed by atoms with Crippen LogP contribution in [-0.2, 0) is 27.3 Å². The van der Waals surface area contributed by atoms with Crippen molar-refractivity contribution >= 4 is 51.8 Å². The Kier molecular flexibility index (Phi) is 8.57. The van der Waals surface area contributed by atoms with Crippen LogP contribution in [0.25, 0.3) is 0 Å². The van der Waals surface area contributed by atoms with Crippen LogP contribution in [0.15, 0.2) is 45.3 Å². The van der Waals surface area contributed by atoms with Gasteiger partial charge < -0.3 is 9.73 Å². The van der Waals surface area contributed by atoms with Gasteiger partial charge in [0, 0.05) is 36.5 Å². The van der Waals surface area contributed by atoms with E-state index < -0.39 is 0 Å². The van der Waals surface area contributed by atoms with Gasteiger partial charge in [-0.1, -0.05) is 44.2 Å². The highest BCUT2D eigenvalue weighted by Gasteiger charge is 2.27. The topological polar surface area (TPSA) is 121 Å². The van der Waals surface area contributed by atoms with Crippen LogP contribution in [0.4, 0.5) is 15.6 Å². The third-order valence-corrected chi connectivity index (χ3v) is 9.08. The number of thiazole rings is 1. The van der Waals surface area contributed by atoms with Gasteiger partial charge in [0.15, 0.2) is 5.13 Å². The first kappa shape index (κ1) is 28.3. The molecule has 0 radical (unpaired) electrons. The first-order valence-electron chi connectivity index (χ1n) is 13.4. The Morgan fingerprint density at radius 1 is 1.18 bits per heavy atom. The van der Waals surface area contributed by atoms with Gasteiger partial charge in [-0.25, -0.2) is 14.8 Å². The van der Waals surface area contributed by atoms with Crippen LogP contribution in [0.2, 0.25) is 0 Å². The van der Waals surface area contributed by atoms with Crippen LogP contribution in [-0.4, -0.2) is 52.3 Å². The van der Waals surface area contributed by atoms with Crippen molar-refractivity contribution in [1.29, 1.82) is 0 Å². The van der Waals surface area contributed by atoms with Gasteiger partial charge in [-0.3, -0.25) is 24.7 Å². The molecule has 0 bridgehead atoms. The number of carbonyl (C=O) groups excluding carboxylic acids is 3. The standard InChI is InChI=1S/C28H34N6O4S2/c1-28(2,3)21-14-29-23(38-21)17-39-24-15-30-26(40-24)32-25(36)19-7-10-33(11-8-19)16-18-5-4-6-20(13-18)34-12-9-22(35)31-27(34)37/h4-6,13-15,19H,7-12,16-17H2,1-3H3,(H,30,32,36)(H,31,35,37). The number of hydrogen-bond donors (Lipinski definition) is 2. The summed E-state index contributed by atoms with van der Waals surface area (Å²) < 4.78 is 6.85. The third kappa shape index (κ3) is 7.10. The second-order valence-corrected chi connectivity index (χ2v) is 13.4. The summed E-state index contributed by atoms with van der Waals surface area (Å²) in [5.41, 5.74) is 1.81. The predicted molar refractivity (Wildman–Crippen MR) is 155 cm³/mol. The van der Waals surface area contributed by atoms with E-state index in [2.05, 4.69) is 46.3 Å². The summed E-state index contributed by atoms with van der Waals surface area (Å²) in [5, 5.41) is 5.98. The van der Waals surface area contributed by atoms with Crippen molar-refractivity contribution in [2.45, 2.75) is 62.0 Å². The number of rotatable bonds is 8. The highest BCUT2D eigenvalue weighted by Crippen LogP contribution is 2.32. The van der Waals surface area contributed by atoms with Crippen LogP contribution in [0.5, 0.6) is 0 Å². The molecule has 3 aromatic rings. The number of amides is 4. The lowest BCUT2D eigenvalue weighted by molar-refractivity contribution is -0.121. The summed E-state index contributed by atoms with van der Waals surface area (Å²) in [6.45, 7) is 9.03. The summed E-state index contributed by atoms with van der Waals surface area (Å²) >= 11 is 3.06. The molecule has 2 fully saturated rings. The minimum atomic E-state index is -0.379. The van der Waals surface area contributed by atoms with Crippen LogP contribution in [0, 0.1) is 5.92 Å². The molecule has 2 aliphatic heterocycles. The van der Waals surface area contributed by atoms with Crippen LogP contribution < -0.4 is 15.5 Å². The molecule has 1 aromatic carbocycles. The Bertz CT molecular complexity index is 1370. The van der Waals surface area contributed by atoms with Gasteiger partial charge in [0.05, 0.1) is 22.4 Å². The zero-order valence-electron chi connectivity index (χ0n) is 22.9. The van der Waals surface area contributed by atoms with Gasteiger partial charge in [0.25, 0.3) is 0 Å². The quantitative estimate of drug-likeness (QED) is 0.356. The summed E-state index contributed by atoms with van der Waals surface area (Å²) in [4.78, 5) is 49.3. The lowest BCUT2D eigenvalue weighted by Gasteiger charge is -2.31. The first-order chi connectivity index (χ1) is 19.1. The number of thioether (sulfide) groups is 1. The average Bonchev–Trinajstić information content (AvgIpc) is 3.58. The second kappa shape index (κ2) is 12.1. The fraction of sp³-hybridized carbons (Fsp3) is 0.464. The largest absolute Gasteiger partial charge is 0.444 e. The molecule has 0 atom stereocenters. The number of piperidine rings is 1. The molecule has 4 heterocycles. The fourth-order valence-electron chi connectivity index (χ4n) is 4.69. The van der Waals surface area contributed by atoms with E-state index >= 15 is 0 Å². The van der Waals surface area contributed by atoms with Gasteiger partial charge in [-0.15, -0.1) is 11.8 Å². The van der Waals surface area contributed by atoms with Crippen molar-refractivity contribution in [3.63, 3.8) is 0 Å². The second-order valence-electron chi connectivity index (χ2n) is 11.1. The molecule has 2 aromatic heterocycles. The summed E-state index contributed by atoms with van der Waals surface area (Å²) in [7, 11) is 0.